The summed E-state index contributed by atoms with van der Waals surface area (Å²) in [6, 6.07) is 14.3. The summed E-state index contributed by atoms with van der Waals surface area (Å²) in [7, 11) is 3.34. The number of benzene rings is 2. The second-order valence-corrected chi connectivity index (χ2v) is 7.48. The minimum atomic E-state index is 0.198. The van der Waals surface area contributed by atoms with Crippen LogP contribution in [0.25, 0.3) is 10.9 Å². The Bertz CT molecular complexity index is 1010. The van der Waals surface area contributed by atoms with Gasteiger partial charge in [0.1, 0.15) is 24.1 Å². The molecule has 5 nitrogen and oxygen atoms in total. The average Bonchev–Trinajstić information content (AvgIpc) is 3.30. The number of carbonyl (C=O) groups is 1. The van der Waals surface area contributed by atoms with Gasteiger partial charge in [-0.3, -0.25) is 4.79 Å². The zero-order chi connectivity index (χ0) is 19.7. The van der Waals surface area contributed by atoms with E-state index in [-0.39, 0.29) is 11.8 Å². The molecule has 0 bridgehead atoms. The molecular weight excluding hydrogens is 352 g/mol. The van der Waals surface area contributed by atoms with Crippen LogP contribution in [0.3, 0.4) is 0 Å². The fraction of sp³-hybridized carbons (Fsp3) is 0.348. The summed E-state index contributed by atoms with van der Waals surface area (Å²) < 4.78 is 10.9. The van der Waals surface area contributed by atoms with Crippen molar-refractivity contribution in [2.45, 2.75) is 25.8 Å². The van der Waals surface area contributed by atoms with Crippen LogP contribution in [-0.2, 0) is 0 Å². The number of fused-ring (bicyclic) bond motifs is 1. The minimum Gasteiger partial charge on any atom is -0.497 e. The Kier molecular flexibility index (Phi) is 5.09. The van der Waals surface area contributed by atoms with Crippen LogP contribution in [0, 0.1) is 6.92 Å². The molecule has 28 heavy (non-hydrogen) atoms. The highest BCUT2D eigenvalue weighted by Crippen LogP contribution is 2.32. The van der Waals surface area contributed by atoms with Crippen LogP contribution in [0.1, 0.15) is 40.5 Å². The molecule has 2 N–H and O–H groups in total. The summed E-state index contributed by atoms with van der Waals surface area (Å²) in [5, 5.41) is 1.02. The molecule has 146 valence electrons. The van der Waals surface area contributed by atoms with Gasteiger partial charge in [0.25, 0.3) is 0 Å². The van der Waals surface area contributed by atoms with E-state index in [9.17, 15) is 4.79 Å². The number of methoxy groups -OCH3 is 2. The lowest BCUT2D eigenvalue weighted by atomic mass is 10.0. The fourth-order valence-corrected chi connectivity index (χ4v) is 4.54. The van der Waals surface area contributed by atoms with Crippen molar-refractivity contribution in [1.29, 1.82) is 0 Å². The van der Waals surface area contributed by atoms with Crippen molar-refractivity contribution < 1.29 is 19.2 Å². The zero-order valence-corrected chi connectivity index (χ0v) is 16.7. The van der Waals surface area contributed by atoms with E-state index in [1.807, 2.05) is 43.3 Å². The number of quaternary nitrogens is 1. The van der Waals surface area contributed by atoms with Crippen molar-refractivity contribution in [3.63, 3.8) is 0 Å². The lowest BCUT2D eigenvalue weighted by Crippen LogP contribution is -3.11. The number of ether oxygens (including phenoxy) is 2. The molecule has 5 heteroatoms. The Morgan fingerprint density at radius 3 is 2.79 bits per heavy atom. The van der Waals surface area contributed by atoms with Gasteiger partial charge in [0, 0.05) is 35.5 Å². The summed E-state index contributed by atoms with van der Waals surface area (Å²) in [5.41, 5.74) is 3.95. The summed E-state index contributed by atoms with van der Waals surface area (Å²) in [4.78, 5) is 17.9. The molecule has 2 heterocycles. The molecule has 0 amide bonds. The number of nitrogens with one attached hydrogen (secondary N) is 2. The first-order valence-corrected chi connectivity index (χ1v) is 9.79. The van der Waals surface area contributed by atoms with E-state index in [4.69, 9.17) is 9.47 Å². The minimum absolute atomic E-state index is 0.198. The Morgan fingerprint density at radius 1 is 1.18 bits per heavy atom. The van der Waals surface area contributed by atoms with E-state index in [1.165, 1.54) is 4.90 Å². The van der Waals surface area contributed by atoms with Crippen molar-refractivity contribution in [2.24, 2.45) is 0 Å². The first kappa shape index (κ1) is 18.6. The number of aromatic amines is 1. The standard InChI is InChI=1S/C23H26N2O3/c1-15-23(17-7-4-5-8-19(17)24-15)21(26)14-25-12-6-9-20(25)18-11-10-16(27-2)13-22(18)28-3/h4-5,7-8,10-11,13,20,24H,6,9,12,14H2,1-3H3/p+1/t20-/m1/s1. The summed E-state index contributed by atoms with van der Waals surface area (Å²) >= 11 is 0. The van der Waals surface area contributed by atoms with Crippen molar-refractivity contribution in [2.75, 3.05) is 27.3 Å². The Balaban J connectivity index is 1.61. The first-order valence-electron chi connectivity index (χ1n) is 9.79. The highest BCUT2D eigenvalue weighted by Gasteiger charge is 2.34. The normalized spacial score (nSPS) is 19.1. The summed E-state index contributed by atoms with van der Waals surface area (Å²) in [6.07, 6.45) is 2.16. The average molecular weight is 379 g/mol. The second kappa shape index (κ2) is 7.68. The third-order valence-corrected chi connectivity index (χ3v) is 5.86. The van der Waals surface area contributed by atoms with Crippen LogP contribution < -0.4 is 14.4 Å². The molecule has 4 rings (SSSR count). The van der Waals surface area contributed by atoms with E-state index >= 15 is 0 Å². The van der Waals surface area contributed by atoms with E-state index in [0.29, 0.717) is 6.54 Å². The third-order valence-electron chi connectivity index (χ3n) is 5.86. The van der Waals surface area contributed by atoms with Crippen molar-refractivity contribution >= 4 is 16.7 Å². The molecule has 0 aliphatic carbocycles. The van der Waals surface area contributed by atoms with E-state index in [1.54, 1.807) is 14.2 Å². The highest BCUT2D eigenvalue weighted by molar-refractivity contribution is 6.09. The highest BCUT2D eigenvalue weighted by atomic mass is 16.5. The van der Waals surface area contributed by atoms with Gasteiger partial charge in [-0.05, 0) is 25.1 Å². The number of hydrogen-bond donors (Lipinski definition) is 2. The van der Waals surface area contributed by atoms with Crippen LogP contribution in [0.15, 0.2) is 42.5 Å². The molecule has 1 fully saturated rings. The molecule has 0 radical (unpaired) electrons. The van der Waals surface area contributed by atoms with Crippen LogP contribution >= 0.6 is 0 Å². The molecule has 2 atom stereocenters. The Hall–Kier alpha value is -2.79. The third kappa shape index (κ3) is 3.27. The number of carbonyl (C=O) groups excluding carboxylic acids is 1. The molecule has 1 unspecified atom stereocenters. The molecular formula is C23H27N2O3+. The van der Waals surface area contributed by atoms with Crippen LogP contribution in [0.5, 0.6) is 11.5 Å². The molecule has 1 aliphatic rings. The van der Waals surface area contributed by atoms with Gasteiger partial charge in [-0.1, -0.05) is 18.2 Å². The SMILES string of the molecule is COc1ccc([C@H]2CCC[NH+]2CC(=O)c2c(C)[nH]c3ccccc23)c(OC)c1. The van der Waals surface area contributed by atoms with Gasteiger partial charge in [0.15, 0.2) is 0 Å². The van der Waals surface area contributed by atoms with Gasteiger partial charge in [-0.15, -0.1) is 0 Å². The van der Waals surface area contributed by atoms with Crippen molar-refractivity contribution in [3.8, 4) is 11.5 Å². The van der Waals surface area contributed by atoms with Gasteiger partial charge in [-0.25, -0.2) is 0 Å². The number of aromatic nitrogens is 1. The van der Waals surface area contributed by atoms with Gasteiger partial charge in [0.05, 0.1) is 31.9 Å². The zero-order valence-electron chi connectivity index (χ0n) is 16.7. The molecule has 2 aromatic carbocycles. The topological polar surface area (TPSA) is 55.8 Å². The van der Waals surface area contributed by atoms with E-state index in [0.717, 1.165) is 58.6 Å². The molecule has 1 aromatic heterocycles. The largest absolute Gasteiger partial charge is 0.497 e. The molecule has 1 aliphatic heterocycles. The first-order chi connectivity index (χ1) is 13.6. The van der Waals surface area contributed by atoms with Gasteiger partial charge in [-0.2, -0.15) is 0 Å². The molecule has 0 spiro atoms. The van der Waals surface area contributed by atoms with Crippen LogP contribution in [-0.4, -0.2) is 38.1 Å². The molecule has 1 saturated heterocycles. The lowest BCUT2D eigenvalue weighted by molar-refractivity contribution is -0.910. The number of hydrogen-bond acceptors (Lipinski definition) is 3. The Morgan fingerprint density at radius 2 is 2.00 bits per heavy atom. The van der Waals surface area contributed by atoms with E-state index in [2.05, 4.69) is 11.1 Å². The van der Waals surface area contributed by atoms with Crippen LogP contribution in [0.2, 0.25) is 0 Å². The van der Waals surface area contributed by atoms with Gasteiger partial charge < -0.3 is 19.4 Å². The van der Waals surface area contributed by atoms with Gasteiger partial charge in [0.2, 0.25) is 5.78 Å². The van der Waals surface area contributed by atoms with E-state index < -0.39 is 0 Å². The molecule has 0 saturated carbocycles. The number of para-hydroxylation sites is 1. The predicted octanol–water partition coefficient (Wildman–Crippen LogP) is 3.10. The maximum atomic E-state index is 13.2. The maximum Gasteiger partial charge on any atom is 0.219 e. The number of likely N-dealkylation sites (tertiary alicyclic amines) is 1. The predicted molar refractivity (Wildman–Crippen MR) is 110 cm³/mol. The second-order valence-electron chi connectivity index (χ2n) is 7.48. The van der Waals surface area contributed by atoms with Crippen molar-refractivity contribution in [3.05, 3.63) is 59.3 Å². The number of rotatable bonds is 6. The van der Waals surface area contributed by atoms with Crippen LogP contribution in [0.4, 0.5) is 0 Å². The fourth-order valence-electron chi connectivity index (χ4n) is 4.54. The smallest absolute Gasteiger partial charge is 0.219 e. The van der Waals surface area contributed by atoms with Crippen molar-refractivity contribution in [1.82, 2.24) is 4.98 Å². The monoisotopic (exact) mass is 379 g/mol. The number of Topliss-reactive ketones (excluding diaryl/α,β-unsaturated/α-hetero) is 1. The number of ketones is 1. The number of aryl methyl sites for hydroxylation is 1. The summed E-state index contributed by atoms with van der Waals surface area (Å²) in [6.45, 7) is 3.46. The number of H-pyrrole nitrogens is 1. The molecule has 3 aromatic rings. The lowest BCUT2D eigenvalue weighted by Gasteiger charge is -2.23. The quantitative estimate of drug-likeness (QED) is 0.647. The summed E-state index contributed by atoms with van der Waals surface area (Å²) in [5.74, 6) is 1.81. The Labute approximate surface area is 165 Å². The van der Waals surface area contributed by atoms with Gasteiger partial charge >= 0.3 is 0 Å². The maximum absolute atomic E-state index is 13.2.